The normalized spacial score (nSPS) is 10.2. The van der Waals surface area contributed by atoms with Gasteiger partial charge in [-0.2, -0.15) is 0 Å². The number of halogens is 2. The Morgan fingerprint density at radius 2 is 1.48 bits per heavy atom. The van der Waals surface area contributed by atoms with Gasteiger partial charge in [0, 0.05) is 11.1 Å². The molecule has 0 saturated carbocycles. The van der Waals surface area contributed by atoms with Crippen LogP contribution in [0.4, 0.5) is 0 Å². The molecule has 0 radical (unpaired) electrons. The van der Waals surface area contributed by atoms with Gasteiger partial charge in [-0.3, -0.25) is 0 Å². The summed E-state index contributed by atoms with van der Waals surface area (Å²) in [5, 5.41) is 3.54. The van der Waals surface area contributed by atoms with Crippen molar-refractivity contribution < 1.29 is 0 Å². The molecule has 102 valence electrons. The van der Waals surface area contributed by atoms with Crippen molar-refractivity contribution in [3.63, 3.8) is 0 Å². The molecule has 0 saturated heterocycles. The van der Waals surface area contributed by atoms with Gasteiger partial charge in [0.15, 0.2) is 0 Å². The summed E-state index contributed by atoms with van der Waals surface area (Å²) in [5.74, 6) is 6.30. The molecule has 0 unspecified atom stereocenters. The predicted molar refractivity (Wildman–Crippen MR) is 91.1 cm³/mol. The molecule has 0 amide bonds. The third kappa shape index (κ3) is 3.05. The molecule has 0 nitrogen and oxygen atoms in total. The summed E-state index contributed by atoms with van der Waals surface area (Å²) >= 11 is 11.9. The second-order valence-electron chi connectivity index (χ2n) is 4.89. The van der Waals surface area contributed by atoms with Crippen LogP contribution in [0, 0.1) is 18.8 Å². The lowest BCUT2D eigenvalue weighted by Crippen LogP contribution is -1.81. The molecule has 2 heteroatoms. The molecular formula is C19H12Cl2. The summed E-state index contributed by atoms with van der Waals surface area (Å²) in [5.41, 5.74) is 3.10. The Hall–Kier alpha value is -1.94. The quantitative estimate of drug-likeness (QED) is 0.456. The molecule has 0 spiro atoms. The number of hydrogen-bond donors (Lipinski definition) is 0. The van der Waals surface area contributed by atoms with Gasteiger partial charge in [0.2, 0.25) is 0 Å². The van der Waals surface area contributed by atoms with E-state index in [0.29, 0.717) is 10.0 Å². The van der Waals surface area contributed by atoms with Gasteiger partial charge in [-0.25, -0.2) is 0 Å². The van der Waals surface area contributed by atoms with Crippen LogP contribution < -0.4 is 0 Å². The number of hydrogen-bond acceptors (Lipinski definition) is 0. The minimum absolute atomic E-state index is 0.526. The lowest BCUT2D eigenvalue weighted by Gasteiger charge is -2.02. The maximum Gasteiger partial charge on any atom is 0.0604 e. The van der Waals surface area contributed by atoms with E-state index in [2.05, 4.69) is 49.1 Å². The first-order valence-electron chi connectivity index (χ1n) is 6.60. The van der Waals surface area contributed by atoms with E-state index < -0.39 is 0 Å². The third-order valence-electron chi connectivity index (χ3n) is 3.37. The molecule has 0 aromatic heterocycles. The van der Waals surface area contributed by atoms with Crippen molar-refractivity contribution in [2.45, 2.75) is 6.92 Å². The van der Waals surface area contributed by atoms with Crippen LogP contribution in [0.15, 0.2) is 54.6 Å². The van der Waals surface area contributed by atoms with Gasteiger partial charge in [0.05, 0.1) is 10.0 Å². The van der Waals surface area contributed by atoms with Gasteiger partial charge in [0.25, 0.3) is 0 Å². The van der Waals surface area contributed by atoms with Gasteiger partial charge < -0.3 is 0 Å². The largest absolute Gasteiger partial charge is 0.0827 e. The van der Waals surface area contributed by atoms with E-state index in [-0.39, 0.29) is 0 Å². The van der Waals surface area contributed by atoms with Crippen LogP contribution in [-0.4, -0.2) is 0 Å². The molecule has 3 rings (SSSR count). The average molecular weight is 311 g/mol. The van der Waals surface area contributed by atoms with Gasteiger partial charge in [-0.1, -0.05) is 59.3 Å². The zero-order chi connectivity index (χ0) is 14.8. The predicted octanol–water partition coefficient (Wildman–Crippen LogP) is 5.85. The molecule has 0 aliphatic carbocycles. The molecule has 3 aromatic carbocycles. The molecule has 0 fully saturated rings. The maximum atomic E-state index is 5.99. The molecule has 0 atom stereocenters. The first-order valence-corrected chi connectivity index (χ1v) is 7.35. The zero-order valence-corrected chi connectivity index (χ0v) is 13.0. The van der Waals surface area contributed by atoms with Gasteiger partial charge in [-0.05, 0) is 53.6 Å². The van der Waals surface area contributed by atoms with Crippen LogP contribution in [-0.2, 0) is 0 Å². The molecule has 0 bridgehead atoms. The number of rotatable bonds is 0. The van der Waals surface area contributed by atoms with E-state index >= 15 is 0 Å². The van der Waals surface area contributed by atoms with Crippen LogP contribution in [0.3, 0.4) is 0 Å². The molecule has 21 heavy (non-hydrogen) atoms. The third-order valence-corrected chi connectivity index (χ3v) is 4.11. The highest BCUT2D eigenvalue weighted by molar-refractivity contribution is 6.42. The van der Waals surface area contributed by atoms with Crippen LogP contribution >= 0.6 is 23.2 Å². The smallest absolute Gasteiger partial charge is 0.0604 e. The Morgan fingerprint density at radius 1 is 0.762 bits per heavy atom. The lowest BCUT2D eigenvalue weighted by atomic mass is 10.0. The highest BCUT2D eigenvalue weighted by Gasteiger charge is 1.98. The standard InChI is InChI=1S/C19H12Cl2/c1-13-3-2-4-16-9-7-14(11-17(13)16)5-6-15-8-10-18(20)19(21)12-15/h2-4,7-12H,1H3. The monoisotopic (exact) mass is 310 g/mol. The fourth-order valence-electron chi connectivity index (χ4n) is 2.22. The first-order chi connectivity index (χ1) is 10.1. The minimum Gasteiger partial charge on any atom is -0.0827 e. The molecule has 0 aliphatic rings. The van der Waals surface area contributed by atoms with Crippen molar-refractivity contribution in [2.24, 2.45) is 0 Å². The summed E-state index contributed by atoms with van der Waals surface area (Å²) in [4.78, 5) is 0. The highest BCUT2D eigenvalue weighted by Crippen LogP contribution is 2.22. The fourth-order valence-corrected chi connectivity index (χ4v) is 2.52. The van der Waals surface area contributed by atoms with Gasteiger partial charge in [0.1, 0.15) is 0 Å². The molecule has 0 heterocycles. The zero-order valence-electron chi connectivity index (χ0n) is 11.5. The van der Waals surface area contributed by atoms with Crippen molar-refractivity contribution in [3.05, 3.63) is 81.3 Å². The SMILES string of the molecule is Cc1cccc2ccc(C#Cc3ccc(Cl)c(Cl)c3)cc12. The van der Waals surface area contributed by atoms with Crippen LogP contribution in [0.5, 0.6) is 0 Å². The molecule has 3 aromatic rings. The summed E-state index contributed by atoms with van der Waals surface area (Å²) in [6, 6.07) is 18.0. The highest BCUT2D eigenvalue weighted by atomic mass is 35.5. The minimum atomic E-state index is 0.526. The van der Waals surface area contributed by atoms with E-state index in [1.54, 1.807) is 12.1 Å². The van der Waals surface area contributed by atoms with Crippen molar-refractivity contribution in [1.29, 1.82) is 0 Å². The number of aryl methyl sites for hydroxylation is 1. The second kappa shape index (κ2) is 5.82. The Kier molecular flexibility index (Phi) is 3.88. The van der Waals surface area contributed by atoms with Crippen molar-refractivity contribution >= 4 is 34.0 Å². The summed E-state index contributed by atoms with van der Waals surface area (Å²) in [6.07, 6.45) is 0. The second-order valence-corrected chi connectivity index (χ2v) is 5.70. The van der Waals surface area contributed by atoms with Gasteiger partial charge >= 0.3 is 0 Å². The van der Waals surface area contributed by atoms with Crippen molar-refractivity contribution in [2.75, 3.05) is 0 Å². The van der Waals surface area contributed by atoms with Crippen molar-refractivity contribution in [3.8, 4) is 11.8 Å². The topological polar surface area (TPSA) is 0 Å². The summed E-state index contributed by atoms with van der Waals surface area (Å²) < 4.78 is 0. The van der Waals surface area contributed by atoms with Crippen LogP contribution in [0.25, 0.3) is 10.8 Å². The Morgan fingerprint density at radius 3 is 2.24 bits per heavy atom. The van der Waals surface area contributed by atoms with E-state index in [1.165, 1.54) is 16.3 Å². The number of benzene rings is 3. The average Bonchev–Trinajstić information content (AvgIpc) is 2.49. The molecular weight excluding hydrogens is 299 g/mol. The van der Waals surface area contributed by atoms with E-state index in [4.69, 9.17) is 23.2 Å². The van der Waals surface area contributed by atoms with E-state index in [0.717, 1.165) is 11.1 Å². The van der Waals surface area contributed by atoms with E-state index in [9.17, 15) is 0 Å². The fraction of sp³-hybridized carbons (Fsp3) is 0.0526. The van der Waals surface area contributed by atoms with E-state index in [1.807, 2.05) is 12.1 Å². The Labute approximate surface area is 134 Å². The summed E-state index contributed by atoms with van der Waals surface area (Å²) in [7, 11) is 0. The molecule has 0 N–H and O–H groups in total. The maximum absolute atomic E-state index is 5.99. The van der Waals surface area contributed by atoms with Crippen molar-refractivity contribution in [1.82, 2.24) is 0 Å². The lowest BCUT2D eigenvalue weighted by molar-refractivity contribution is 1.52. The Balaban J connectivity index is 2.00. The van der Waals surface area contributed by atoms with Crippen LogP contribution in [0.1, 0.15) is 16.7 Å². The first kappa shape index (κ1) is 14.0. The summed E-state index contributed by atoms with van der Waals surface area (Å²) in [6.45, 7) is 2.11. The van der Waals surface area contributed by atoms with Gasteiger partial charge in [-0.15, -0.1) is 0 Å². The Bertz CT molecular complexity index is 883. The molecule has 0 aliphatic heterocycles. The number of fused-ring (bicyclic) bond motifs is 1. The van der Waals surface area contributed by atoms with Crippen LogP contribution in [0.2, 0.25) is 10.0 Å².